The Morgan fingerprint density at radius 2 is 1.59 bits per heavy atom. The van der Waals surface area contributed by atoms with Crippen LogP contribution in [0, 0.1) is 0 Å². The smallest absolute Gasteiger partial charge is 0.276 e. The van der Waals surface area contributed by atoms with Gasteiger partial charge in [0.15, 0.2) is 0 Å². The lowest BCUT2D eigenvalue weighted by molar-refractivity contribution is 0.0954. The zero-order valence-corrected chi connectivity index (χ0v) is 16.2. The summed E-state index contributed by atoms with van der Waals surface area (Å²) in [5.41, 5.74) is 1.21. The van der Waals surface area contributed by atoms with Crippen molar-refractivity contribution in [3.05, 3.63) is 103 Å². The number of nitrogens with zero attached hydrogens (tertiary/aromatic N) is 1. The number of nitrogens with one attached hydrogen (secondary N) is 2. The molecular formula is C23H13N3O6. The van der Waals surface area contributed by atoms with Crippen molar-refractivity contribution in [1.29, 1.82) is 0 Å². The van der Waals surface area contributed by atoms with Crippen LogP contribution >= 0.6 is 0 Å². The number of aromatic amines is 1. The van der Waals surface area contributed by atoms with Gasteiger partial charge in [0.2, 0.25) is 16.6 Å². The summed E-state index contributed by atoms with van der Waals surface area (Å²) in [5.74, 6) is -0.859. The zero-order chi connectivity index (χ0) is 22.2. The topological polar surface area (TPSA) is 135 Å². The normalized spacial score (nSPS) is 11.5. The van der Waals surface area contributed by atoms with Crippen LogP contribution in [0.15, 0.2) is 89.2 Å². The summed E-state index contributed by atoms with van der Waals surface area (Å²) in [6.45, 7) is 0. The lowest BCUT2D eigenvalue weighted by atomic mass is 10.1. The standard InChI is InChI=1S/C23H13N3O6/c27-19-12(11-31-17-7-3-1-5-13(17)19)10-24-26-22(30)16-9-15-20(28)14-6-2-4-8-18(14)32-23(15)25-21(16)29/h1-11H,(H,25,29)(H,26,30)/b24-10+. The Morgan fingerprint density at radius 3 is 2.38 bits per heavy atom. The van der Waals surface area contributed by atoms with E-state index in [0.717, 1.165) is 12.3 Å². The van der Waals surface area contributed by atoms with Gasteiger partial charge >= 0.3 is 0 Å². The van der Waals surface area contributed by atoms with E-state index in [-0.39, 0.29) is 33.1 Å². The van der Waals surface area contributed by atoms with Crippen molar-refractivity contribution in [2.24, 2.45) is 5.10 Å². The molecule has 156 valence electrons. The highest BCUT2D eigenvalue weighted by Crippen LogP contribution is 2.16. The van der Waals surface area contributed by atoms with Gasteiger partial charge in [0.25, 0.3) is 11.5 Å². The molecule has 0 saturated carbocycles. The van der Waals surface area contributed by atoms with Crippen LogP contribution in [0.1, 0.15) is 15.9 Å². The van der Waals surface area contributed by atoms with Gasteiger partial charge in [-0.1, -0.05) is 24.3 Å². The van der Waals surface area contributed by atoms with Crippen LogP contribution in [-0.2, 0) is 0 Å². The quantitative estimate of drug-likeness (QED) is 0.258. The number of carbonyl (C=O) groups excluding carboxylic acids is 1. The van der Waals surface area contributed by atoms with E-state index in [9.17, 15) is 19.2 Å². The molecule has 0 radical (unpaired) electrons. The number of benzene rings is 2. The van der Waals surface area contributed by atoms with E-state index < -0.39 is 11.5 Å². The number of hydrogen-bond acceptors (Lipinski definition) is 7. The van der Waals surface area contributed by atoms with Crippen LogP contribution < -0.4 is 21.8 Å². The number of carbonyl (C=O) groups is 1. The Hall–Kier alpha value is -4.79. The van der Waals surface area contributed by atoms with E-state index in [2.05, 4.69) is 15.5 Å². The number of fused-ring (bicyclic) bond motifs is 3. The number of H-pyrrole nitrogens is 1. The highest BCUT2D eigenvalue weighted by Gasteiger charge is 2.15. The van der Waals surface area contributed by atoms with Crippen molar-refractivity contribution in [2.45, 2.75) is 0 Å². The summed E-state index contributed by atoms with van der Waals surface area (Å²) in [6.07, 6.45) is 2.34. The summed E-state index contributed by atoms with van der Waals surface area (Å²) in [5, 5.41) is 4.48. The monoisotopic (exact) mass is 427 g/mol. The predicted octanol–water partition coefficient (Wildman–Crippen LogP) is 2.50. The van der Waals surface area contributed by atoms with Crippen molar-refractivity contribution in [1.82, 2.24) is 10.4 Å². The average molecular weight is 427 g/mol. The molecule has 0 atom stereocenters. The van der Waals surface area contributed by atoms with E-state index in [1.807, 2.05) is 0 Å². The molecule has 9 heteroatoms. The molecule has 9 nitrogen and oxygen atoms in total. The number of rotatable bonds is 3. The van der Waals surface area contributed by atoms with E-state index in [4.69, 9.17) is 8.83 Å². The molecule has 32 heavy (non-hydrogen) atoms. The van der Waals surface area contributed by atoms with E-state index >= 15 is 0 Å². The van der Waals surface area contributed by atoms with Crippen molar-refractivity contribution in [3.63, 3.8) is 0 Å². The molecule has 0 saturated heterocycles. The first kappa shape index (κ1) is 19.2. The largest absolute Gasteiger partial charge is 0.463 e. The first-order chi connectivity index (χ1) is 15.5. The zero-order valence-electron chi connectivity index (χ0n) is 16.2. The second-order valence-corrected chi connectivity index (χ2v) is 6.90. The molecule has 1 amide bonds. The molecule has 0 spiro atoms. The fraction of sp³-hybridized carbons (Fsp3) is 0. The van der Waals surface area contributed by atoms with Crippen molar-refractivity contribution >= 4 is 45.2 Å². The van der Waals surface area contributed by atoms with Gasteiger partial charge in [0.1, 0.15) is 23.0 Å². The predicted molar refractivity (Wildman–Crippen MR) is 118 cm³/mol. The SMILES string of the molecule is O=C(N/N=C/c1coc2ccccc2c1=O)c1cc2c(=O)c3ccccc3oc2[nH]c1=O. The Morgan fingerprint density at radius 1 is 0.906 bits per heavy atom. The molecule has 0 aliphatic rings. The molecular weight excluding hydrogens is 414 g/mol. The first-order valence-corrected chi connectivity index (χ1v) is 9.46. The van der Waals surface area contributed by atoms with Gasteiger partial charge in [-0.2, -0.15) is 5.10 Å². The number of amides is 1. The first-order valence-electron chi connectivity index (χ1n) is 9.46. The highest BCUT2D eigenvalue weighted by atomic mass is 16.3. The lowest BCUT2D eigenvalue weighted by Crippen LogP contribution is -2.27. The molecule has 0 aliphatic carbocycles. The van der Waals surface area contributed by atoms with Gasteiger partial charge in [-0.05, 0) is 30.3 Å². The summed E-state index contributed by atoms with van der Waals surface area (Å²) in [4.78, 5) is 52.4. The maximum atomic E-state index is 12.7. The minimum atomic E-state index is -0.859. The Kier molecular flexibility index (Phi) is 4.48. The molecule has 3 aromatic heterocycles. The van der Waals surface area contributed by atoms with E-state index in [1.54, 1.807) is 48.5 Å². The van der Waals surface area contributed by atoms with Crippen molar-refractivity contribution < 1.29 is 13.6 Å². The van der Waals surface area contributed by atoms with Crippen LogP contribution in [0.2, 0.25) is 0 Å². The number of hydrazone groups is 1. The third-order valence-corrected chi connectivity index (χ3v) is 4.91. The van der Waals surface area contributed by atoms with Gasteiger partial charge in [-0.25, -0.2) is 5.43 Å². The molecule has 0 aliphatic heterocycles. The van der Waals surface area contributed by atoms with Crippen molar-refractivity contribution in [3.8, 4) is 0 Å². The van der Waals surface area contributed by atoms with Crippen LogP contribution in [0.5, 0.6) is 0 Å². The minimum Gasteiger partial charge on any atom is -0.463 e. The number of para-hydroxylation sites is 2. The molecule has 0 fully saturated rings. The number of hydrogen-bond donors (Lipinski definition) is 2. The summed E-state index contributed by atoms with van der Waals surface area (Å²) in [7, 11) is 0. The minimum absolute atomic E-state index is 0.0347. The lowest BCUT2D eigenvalue weighted by Gasteiger charge is -2.03. The van der Waals surface area contributed by atoms with Crippen LogP contribution in [-0.4, -0.2) is 17.1 Å². The van der Waals surface area contributed by atoms with Gasteiger partial charge in [-0.3, -0.25) is 24.2 Å². The molecule has 2 aromatic carbocycles. The van der Waals surface area contributed by atoms with Gasteiger partial charge < -0.3 is 8.83 Å². The summed E-state index contributed by atoms with van der Waals surface area (Å²) in [6, 6.07) is 14.4. The second-order valence-electron chi connectivity index (χ2n) is 6.90. The Labute approximate surface area is 177 Å². The fourth-order valence-electron chi connectivity index (χ4n) is 3.33. The maximum Gasteiger partial charge on any atom is 0.276 e. The van der Waals surface area contributed by atoms with Gasteiger partial charge in [-0.15, -0.1) is 0 Å². The fourth-order valence-corrected chi connectivity index (χ4v) is 3.33. The number of pyridine rings is 1. The molecule has 2 N–H and O–H groups in total. The average Bonchev–Trinajstić information content (AvgIpc) is 2.80. The van der Waals surface area contributed by atoms with Crippen molar-refractivity contribution in [2.75, 3.05) is 0 Å². The van der Waals surface area contributed by atoms with Crippen LogP contribution in [0.3, 0.4) is 0 Å². The summed E-state index contributed by atoms with van der Waals surface area (Å²) >= 11 is 0. The molecule has 0 unspecified atom stereocenters. The highest BCUT2D eigenvalue weighted by molar-refractivity contribution is 5.98. The Balaban J connectivity index is 1.48. The van der Waals surface area contributed by atoms with Gasteiger partial charge in [0.05, 0.1) is 27.9 Å². The number of aromatic nitrogens is 1. The molecule has 5 aromatic rings. The third kappa shape index (κ3) is 3.18. The van der Waals surface area contributed by atoms with Crippen LogP contribution in [0.25, 0.3) is 33.0 Å². The van der Waals surface area contributed by atoms with Gasteiger partial charge in [0, 0.05) is 0 Å². The van der Waals surface area contributed by atoms with E-state index in [1.165, 1.54) is 6.26 Å². The Bertz CT molecular complexity index is 1740. The molecule has 5 rings (SSSR count). The summed E-state index contributed by atoms with van der Waals surface area (Å²) < 4.78 is 10.9. The second kappa shape index (κ2) is 7.47. The maximum absolute atomic E-state index is 12.7. The molecule has 0 bridgehead atoms. The van der Waals surface area contributed by atoms with E-state index in [0.29, 0.717) is 21.9 Å². The molecule has 3 heterocycles. The third-order valence-electron chi connectivity index (χ3n) is 4.91. The van der Waals surface area contributed by atoms with Crippen LogP contribution in [0.4, 0.5) is 0 Å².